The fourth-order valence-corrected chi connectivity index (χ4v) is 2.63. The maximum Gasteiger partial charge on any atom is 0.342 e. The van der Waals surface area contributed by atoms with Crippen LogP contribution in [0.15, 0.2) is 22.3 Å². The van der Waals surface area contributed by atoms with Crippen molar-refractivity contribution in [1.29, 1.82) is 5.26 Å². The van der Waals surface area contributed by atoms with Crippen LogP contribution in [-0.2, 0) is 24.5 Å². The number of fused-ring (bicyclic) bond motifs is 1. The van der Waals surface area contributed by atoms with E-state index in [2.05, 4.69) is 4.98 Å². The quantitative estimate of drug-likeness (QED) is 0.731. The third-order valence-electron chi connectivity index (χ3n) is 3.58. The van der Waals surface area contributed by atoms with Gasteiger partial charge in [0.15, 0.2) is 0 Å². The fraction of sp³-hybridized carbons (Fsp3) is 0.375. The minimum atomic E-state index is -2.39. The van der Waals surface area contributed by atoms with Crippen molar-refractivity contribution in [2.45, 2.75) is 26.2 Å². The number of aromatic amines is 1. The maximum atomic E-state index is 12.7. The molecule has 0 fully saturated rings. The topological polar surface area (TPSA) is 144 Å². The number of hydrogen-bond acceptors (Lipinski definition) is 8. The Hall–Kier alpha value is -3.28. The average Bonchev–Trinajstić information content (AvgIpc) is 2.53. The van der Waals surface area contributed by atoms with Gasteiger partial charge in [-0.25, -0.2) is 9.59 Å². The second-order valence-electron chi connectivity index (χ2n) is 5.16. The molecule has 1 atom stereocenters. The molecule has 25 heavy (non-hydrogen) atoms. The van der Waals surface area contributed by atoms with Crippen LogP contribution in [-0.4, -0.2) is 30.1 Å². The SMILES string of the molecule is CCOC(=O)C1=C(N)Oc2cc(C)[nH]c(=O)c2C1(C#N)C(=O)OCC. The highest BCUT2D eigenvalue weighted by atomic mass is 16.5. The molecule has 1 aliphatic rings. The number of nitrogens with one attached hydrogen (secondary N) is 1. The Bertz CT molecular complexity index is 864. The number of pyridine rings is 1. The number of aryl methyl sites for hydroxylation is 1. The summed E-state index contributed by atoms with van der Waals surface area (Å²) in [7, 11) is 0. The third kappa shape index (κ3) is 2.71. The molecule has 0 spiro atoms. The number of rotatable bonds is 4. The molecule has 0 amide bonds. The van der Waals surface area contributed by atoms with Crippen LogP contribution >= 0.6 is 0 Å². The summed E-state index contributed by atoms with van der Waals surface area (Å²) >= 11 is 0. The van der Waals surface area contributed by atoms with Gasteiger partial charge in [-0.2, -0.15) is 5.26 Å². The lowest BCUT2D eigenvalue weighted by molar-refractivity contribution is -0.150. The number of H-pyrrole nitrogens is 1. The van der Waals surface area contributed by atoms with E-state index < -0.39 is 34.4 Å². The molecule has 0 aromatic carbocycles. The van der Waals surface area contributed by atoms with Crippen LogP contribution in [0.1, 0.15) is 25.1 Å². The molecule has 132 valence electrons. The summed E-state index contributed by atoms with van der Waals surface area (Å²) in [5, 5.41) is 9.83. The van der Waals surface area contributed by atoms with E-state index in [1.165, 1.54) is 13.0 Å². The van der Waals surface area contributed by atoms with E-state index in [1.807, 2.05) is 0 Å². The van der Waals surface area contributed by atoms with E-state index in [0.717, 1.165) is 0 Å². The predicted molar refractivity (Wildman–Crippen MR) is 84.2 cm³/mol. The first-order valence-electron chi connectivity index (χ1n) is 7.51. The molecule has 0 bridgehead atoms. The van der Waals surface area contributed by atoms with Gasteiger partial charge in [-0.3, -0.25) is 4.79 Å². The third-order valence-corrected chi connectivity index (χ3v) is 3.58. The Morgan fingerprint density at radius 2 is 2.00 bits per heavy atom. The van der Waals surface area contributed by atoms with Crippen LogP contribution in [0.25, 0.3) is 0 Å². The van der Waals surface area contributed by atoms with Gasteiger partial charge in [-0.1, -0.05) is 0 Å². The van der Waals surface area contributed by atoms with Crippen LogP contribution < -0.4 is 16.0 Å². The predicted octanol–water partition coefficient (Wildman–Crippen LogP) is 0.134. The number of aromatic nitrogens is 1. The number of hydrogen-bond donors (Lipinski definition) is 2. The van der Waals surface area contributed by atoms with Crippen molar-refractivity contribution >= 4 is 11.9 Å². The van der Waals surface area contributed by atoms with Gasteiger partial charge in [0, 0.05) is 11.8 Å². The van der Waals surface area contributed by atoms with Gasteiger partial charge in [-0.05, 0) is 20.8 Å². The second-order valence-corrected chi connectivity index (χ2v) is 5.16. The second kappa shape index (κ2) is 6.68. The molecule has 9 heteroatoms. The van der Waals surface area contributed by atoms with E-state index in [4.69, 9.17) is 19.9 Å². The molecule has 0 radical (unpaired) electrons. The molecule has 3 N–H and O–H groups in total. The normalized spacial score (nSPS) is 18.6. The number of carbonyl (C=O) groups excluding carboxylic acids is 2. The van der Waals surface area contributed by atoms with E-state index in [-0.39, 0.29) is 24.5 Å². The van der Waals surface area contributed by atoms with Crippen LogP contribution in [0.4, 0.5) is 0 Å². The van der Waals surface area contributed by atoms with Crippen molar-refractivity contribution in [3.63, 3.8) is 0 Å². The Morgan fingerprint density at radius 1 is 1.36 bits per heavy atom. The highest BCUT2D eigenvalue weighted by molar-refractivity contribution is 6.05. The average molecular weight is 347 g/mol. The largest absolute Gasteiger partial charge is 0.464 e. The number of nitrogens with zero attached hydrogens (tertiary/aromatic N) is 1. The molecule has 0 saturated heterocycles. The highest BCUT2D eigenvalue weighted by Crippen LogP contribution is 2.42. The summed E-state index contributed by atoms with van der Waals surface area (Å²) in [6.45, 7) is 4.56. The van der Waals surface area contributed by atoms with Gasteiger partial charge < -0.3 is 24.9 Å². The standard InChI is InChI=1S/C16H17N3O6/c1-4-23-14(21)11-12(18)25-9-6-8(3)19-13(20)10(9)16(11,7-17)15(22)24-5-2/h6H,4-5,18H2,1-3H3,(H,19,20). The van der Waals surface area contributed by atoms with Crippen molar-refractivity contribution < 1.29 is 23.8 Å². The van der Waals surface area contributed by atoms with Crippen LogP contribution in [0.3, 0.4) is 0 Å². The lowest BCUT2D eigenvalue weighted by Gasteiger charge is -2.31. The number of nitriles is 1. The van der Waals surface area contributed by atoms with Gasteiger partial charge in [0.1, 0.15) is 11.3 Å². The summed E-state index contributed by atoms with van der Waals surface area (Å²) in [6, 6.07) is 3.12. The summed E-state index contributed by atoms with van der Waals surface area (Å²) in [4.78, 5) is 40.0. The van der Waals surface area contributed by atoms with Gasteiger partial charge in [0.25, 0.3) is 5.56 Å². The molecule has 2 rings (SSSR count). The molecule has 1 aliphatic heterocycles. The zero-order valence-electron chi connectivity index (χ0n) is 14.0. The van der Waals surface area contributed by atoms with Crippen molar-refractivity contribution in [2.75, 3.05) is 13.2 Å². The van der Waals surface area contributed by atoms with Crippen LogP contribution in [0.2, 0.25) is 0 Å². The molecule has 0 saturated carbocycles. The van der Waals surface area contributed by atoms with Gasteiger partial charge in [0.2, 0.25) is 11.3 Å². The molecule has 9 nitrogen and oxygen atoms in total. The number of carbonyl (C=O) groups is 2. The zero-order chi connectivity index (χ0) is 18.8. The molecule has 2 heterocycles. The van der Waals surface area contributed by atoms with Gasteiger partial charge in [-0.15, -0.1) is 0 Å². The molecular weight excluding hydrogens is 330 g/mol. The minimum absolute atomic E-state index is 0.0307. The maximum absolute atomic E-state index is 12.7. The van der Waals surface area contributed by atoms with E-state index in [0.29, 0.717) is 5.69 Å². The molecule has 1 unspecified atom stereocenters. The van der Waals surface area contributed by atoms with Gasteiger partial charge in [0.05, 0.1) is 24.8 Å². The van der Waals surface area contributed by atoms with Crippen LogP contribution in [0, 0.1) is 18.3 Å². The fourth-order valence-electron chi connectivity index (χ4n) is 2.63. The van der Waals surface area contributed by atoms with Crippen molar-refractivity contribution in [3.05, 3.63) is 39.1 Å². The van der Waals surface area contributed by atoms with Crippen molar-refractivity contribution in [2.24, 2.45) is 5.73 Å². The van der Waals surface area contributed by atoms with Crippen LogP contribution in [0.5, 0.6) is 5.75 Å². The highest BCUT2D eigenvalue weighted by Gasteiger charge is 2.57. The monoisotopic (exact) mass is 347 g/mol. The summed E-state index contributed by atoms with van der Waals surface area (Å²) in [5.74, 6) is -2.74. The van der Waals surface area contributed by atoms with E-state index in [9.17, 15) is 19.6 Å². The Morgan fingerprint density at radius 3 is 2.56 bits per heavy atom. The number of ether oxygens (including phenoxy) is 3. The Labute approximate surface area is 143 Å². The smallest absolute Gasteiger partial charge is 0.342 e. The lowest BCUT2D eigenvalue weighted by Crippen LogP contribution is -2.49. The lowest BCUT2D eigenvalue weighted by atomic mass is 9.74. The first-order valence-corrected chi connectivity index (χ1v) is 7.51. The summed E-state index contributed by atoms with van der Waals surface area (Å²) in [6.07, 6.45) is 0. The van der Waals surface area contributed by atoms with E-state index in [1.54, 1.807) is 19.9 Å². The first kappa shape index (κ1) is 18.1. The molecule has 1 aromatic rings. The van der Waals surface area contributed by atoms with Crippen molar-refractivity contribution in [1.82, 2.24) is 4.98 Å². The number of esters is 2. The zero-order valence-corrected chi connectivity index (χ0v) is 14.0. The van der Waals surface area contributed by atoms with Gasteiger partial charge >= 0.3 is 11.9 Å². The Kier molecular flexibility index (Phi) is 4.83. The molecular formula is C16H17N3O6. The first-order chi connectivity index (χ1) is 11.8. The van der Waals surface area contributed by atoms with E-state index >= 15 is 0 Å². The molecule has 1 aromatic heterocycles. The number of nitrogens with two attached hydrogens (primary N) is 1. The molecule has 0 aliphatic carbocycles. The van der Waals surface area contributed by atoms with Crippen molar-refractivity contribution in [3.8, 4) is 11.8 Å². The summed E-state index contributed by atoms with van der Waals surface area (Å²) in [5.41, 5.74) is 2.13. The Balaban J connectivity index is 2.89. The summed E-state index contributed by atoms with van der Waals surface area (Å²) < 4.78 is 15.2. The minimum Gasteiger partial charge on any atom is -0.464 e.